The van der Waals surface area contributed by atoms with Crippen LogP contribution in [0.1, 0.15) is 51.4 Å². The van der Waals surface area contributed by atoms with Crippen molar-refractivity contribution >= 4 is 17.3 Å². The fraction of sp³-hybridized carbons (Fsp3) is 0.500. The highest BCUT2D eigenvalue weighted by Crippen LogP contribution is 2.28. The Labute approximate surface area is 152 Å². The summed E-state index contributed by atoms with van der Waals surface area (Å²) in [5.74, 6) is -1.20. The van der Waals surface area contributed by atoms with E-state index in [1.807, 2.05) is 0 Å². The lowest BCUT2D eigenvalue weighted by atomic mass is 9.85. The van der Waals surface area contributed by atoms with Crippen molar-refractivity contribution < 1.29 is 13.6 Å². The van der Waals surface area contributed by atoms with Gasteiger partial charge in [-0.25, -0.2) is 13.8 Å². The highest BCUT2D eigenvalue weighted by molar-refractivity contribution is 6.03. The number of carbonyl (C=O) groups excluding carboxylic acids is 1. The molecule has 6 heteroatoms. The van der Waals surface area contributed by atoms with Gasteiger partial charge in [0.15, 0.2) is 5.82 Å². The fourth-order valence-electron chi connectivity index (χ4n) is 3.83. The second-order valence-electron chi connectivity index (χ2n) is 7.06. The number of rotatable bonds is 3. The summed E-state index contributed by atoms with van der Waals surface area (Å²) < 4.78 is 27.0. The van der Waals surface area contributed by atoms with E-state index in [1.165, 1.54) is 24.8 Å². The number of benzene rings is 1. The van der Waals surface area contributed by atoms with Crippen molar-refractivity contribution in [1.82, 2.24) is 5.32 Å². The third-order valence-electron chi connectivity index (χ3n) is 5.25. The van der Waals surface area contributed by atoms with Crippen LogP contribution in [-0.2, 0) is 4.79 Å². The van der Waals surface area contributed by atoms with Crippen molar-refractivity contribution in [1.29, 1.82) is 0 Å². The molecule has 0 spiro atoms. The first-order valence-electron chi connectivity index (χ1n) is 9.33. The molecule has 2 saturated carbocycles. The molecular weight excluding hydrogens is 336 g/mol. The molecule has 1 unspecified atom stereocenters. The number of hydrogen-bond acceptors (Lipinski definition) is 3. The van der Waals surface area contributed by atoms with Gasteiger partial charge in [-0.05, 0) is 44.2 Å². The highest BCUT2D eigenvalue weighted by atomic mass is 19.1. The topological polar surface area (TPSA) is 67.5 Å². The first-order valence-corrected chi connectivity index (χ1v) is 9.33. The Morgan fingerprint density at radius 3 is 2.62 bits per heavy atom. The van der Waals surface area contributed by atoms with Crippen LogP contribution in [-0.4, -0.2) is 17.7 Å². The SMILES string of the molecule is N/C=C1\C(=Nc2ccc(F)cc2F)CCCC1NC(=O)C1CCCCC1. The Hall–Kier alpha value is -2.24. The monoisotopic (exact) mass is 361 g/mol. The summed E-state index contributed by atoms with van der Waals surface area (Å²) in [5, 5.41) is 3.11. The number of nitrogens with one attached hydrogen (secondary N) is 1. The molecule has 2 aliphatic carbocycles. The molecule has 1 atom stereocenters. The summed E-state index contributed by atoms with van der Waals surface area (Å²) in [6, 6.07) is 3.11. The predicted octanol–water partition coefficient (Wildman–Crippen LogP) is 4.13. The Morgan fingerprint density at radius 2 is 1.92 bits per heavy atom. The van der Waals surface area contributed by atoms with E-state index in [9.17, 15) is 13.6 Å². The molecule has 3 rings (SSSR count). The highest BCUT2D eigenvalue weighted by Gasteiger charge is 2.29. The normalized spacial score (nSPS) is 24.8. The van der Waals surface area contributed by atoms with Crippen molar-refractivity contribution in [2.24, 2.45) is 16.6 Å². The third kappa shape index (κ3) is 4.29. The molecule has 1 amide bonds. The van der Waals surface area contributed by atoms with E-state index >= 15 is 0 Å². The zero-order valence-corrected chi connectivity index (χ0v) is 14.8. The van der Waals surface area contributed by atoms with Crippen LogP contribution in [0.4, 0.5) is 14.5 Å². The number of carbonyl (C=O) groups is 1. The first-order chi connectivity index (χ1) is 12.6. The van der Waals surface area contributed by atoms with Gasteiger partial charge in [0.05, 0.1) is 11.7 Å². The standard InChI is InChI=1S/C20H25F2N3O/c21-14-9-10-19(16(22)11-14)24-17-7-4-8-18(15(17)12-23)25-20(26)13-5-2-1-3-6-13/h9-13,18H,1-8,23H2,(H,25,26)/b15-12+,24-17?. The minimum absolute atomic E-state index is 0.0691. The van der Waals surface area contributed by atoms with E-state index < -0.39 is 11.6 Å². The summed E-state index contributed by atoms with van der Waals surface area (Å²) >= 11 is 0. The van der Waals surface area contributed by atoms with Crippen LogP contribution in [0.25, 0.3) is 0 Å². The van der Waals surface area contributed by atoms with Crippen molar-refractivity contribution in [3.8, 4) is 0 Å². The van der Waals surface area contributed by atoms with Gasteiger partial charge in [-0.1, -0.05) is 19.3 Å². The van der Waals surface area contributed by atoms with E-state index in [4.69, 9.17) is 5.73 Å². The summed E-state index contributed by atoms with van der Waals surface area (Å²) in [7, 11) is 0. The third-order valence-corrected chi connectivity index (χ3v) is 5.25. The number of nitrogens with zero attached hydrogens (tertiary/aromatic N) is 1. The Bertz CT molecular complexity index is 724. The van der Waals surface area contributed by atoms with Crippen LogP contribution in [0.2, 0.25) is 0 Å². The average molecular weight is 361 g/mol. The number of halogens is 2. The first kappa shape index (κ1) is 18.5. The summed E-state index contributed by atoms with van der Waals surface area (Å²) in [6.07, 6.45) is 8.96. The molecule has 140 valence electrons. The van der Waals surface area contributed by atoms with E-state index in [0.717, 1.165) is 50.2 Å². The number of nitrogens with two attached hydrogens (primary N) is 1. The lowest BCUT2D eigenvalue weighted by molar-refractivity contribution is -0.126. The largest absolute Gasteiger partial charge is 0.404 e. The van der Waals surface area contributed by atoms with Crippen LogP contribution >= 0.6 is 0 Å². The lowest BCUT2D eigenvalue weighted by Crippen LogP contribution is -2.44. The molecule has 26 heavy (non-hydrogen) atoms. The molecule has 0 saturated heterocycles. The number of aliphatic imine (C=N–C) groups is 1. The molecular formula is C20H25F2N3O. The van der Waals surface area contributed by atoms with Crippen molar-refractivity contribution in [2.45, 2.75) is 57.4 Å². The Morgan fingerprint density at radius 1 is 1.15 bits per heavy atom. The van der Waals surface area contributed by atoms with Gasteiger partial charge in [-0.3, -0.25) is 4.79 Å². The van der Waals surface area contributed by atoms with Crippen molar-refractivity contribution in [3.63, 3.8) is 0 Å². The van der Waals surface area contributed by atoms with Crippen LogP contribution < -0.4 is 11.1 Å². The molecule has 1 aromatic rings. The van der Waals surface area contributed by atoms with Crippen LogP contribution in [0.5, 0.6) is 0 Å². The van der Waals surface area contributed by atoms with Gasteiger partial charge < -0.3 is 11.1 Å². The van der Waals surface area contributed by atoms with Crippen LogP contribution in [0.3, 0.4) is 0 Å². The van der Waals surface area contributed by atoms with E-state index in [2.05, 4.69) is 10.3 Å². The van der Waals surface area contributed by atoms with Crippen molar-refractivity contribution in [3.05, 3.63) is 41.6 Å². The van der Waals surface area contributed by atoms with Crippen molar-refractivity contribution in [2.75, 3.05) is 0 Å². The fourth-order valence-corrected chi connectivity index (χ4v) is 3.83. The number of amides is 1. The molecule has 0 aliphatic heterocycles. The maximum absolute atomic E-state index is 13.9. The van der Waals surface area contributed by atoms with E-state index in [1.54, 1.807) is 0 Å². The second kappa shape index (κ2) is 8.43. The number of hydrogen-bond donors (Lipinski definition) is 2. The van der Waals surface area contributed by atoms with Gasteiger partial charge in [-0.15, -0.1) is 0 Å². The Balaban J connectivity index is 1.76. The van der Waals surface area contributed by atoms with Crippen LogP contribution in [0, 0.1) is 17.6 Å². The summed E-state index contributed by atoms with van der Waals surface area (Å²) in [4.78, 5) is 16.9. The van der Waals surface area contributed by atoms with Crippen LogP contribution in [0.15, 0.2) is 35.0 Å². The smallest absolute Gasteiger partial charge is 0.223 e. The molecule has 4 nitrogen and oxygen atoms in total. The lowest BCUT2D eigenvalue weighted by Gasteiger charge is -2.30. The molecule has 2 aliphatic rings. The van der Waals surface area contributed by atoms with Gasteiger partial charge in [0.1, 0.15) is 5.82 Å². The predicted molar refractivity (Wildman–Crippen MR) is 98.1 cm³/mol. The maximum atomic E-state index is 13.9. The molecule has 0 radical (unpaired) electrons. The van der Waals surface area contributed by atoms with Gasteiger partial charge in [-0.2, -0.15) is 0 Å². The molecule has 0 heterocycles. The second-order valence-corrected chi connectivity index (χ2v) is 7.06. The van der Waals surface area contributed by atoms with Gasteiger partial charge >= 0.3 is 0 Å². The summed E-state index contributed by atoms with van der Waals surface area (Å²) in [6.45, 7) is 0. The molecule has 0 aromatic heterocycles. The zero-order valence-electron chi connectivity index (χ0n) is 14.8. The minimum atomic E-state index is -0.706. The Kier molecular flexibility index (Phi) is 6.01. The molecule has 3 N–H and O–H groups in total. The average Bonchev–Trinajstić information content (AvgIpc) is 2.65. The minimum Gasteiger partial charge on any atom is -0.404 e. The van der Waals surface area contributed by atoms with Gasteiger partial charge in [0.25, 0.3) is 0 Å². The summed E-state index contributed by atoms with van der Waals surface area (Å²) in [5.41, 5.74) is 7.27. The van der Waals surface area contributed by atoms with E-state index in [-0.39, 0.29) is 23.6 Å². The van der Waals surface area contributed by atoms with E-state index in [0.29, 0.717) is 12.1 Å². The van der Waals surface area contributed by atoms with Gasteiger partial charge in [0.2, 0.25) is 5.91 Å². The maximum Gasteiger partial charge on any atom is 0.223 e. The molecule has 2 fully saturated rings. The molecule has 0 bridgehead atoms. The zero-order chi connectivity index (χ0) is 18.5. The van der Waals surface area contributed by atoms with Gasteiger partial charge in [0, 0.05) is 29.5 Å². The molecule has 1 aromatic carbocycles. The quantitative estimate of drug-likeness (QED) is 0.850.